The highest BCUT2D eigenvalue weighted by molar-refractivity contribution is 7.22. The highest BCUT2D eigenvalue weighted by Crippen LogP contribution is 2.37. The van der Waals surface area contributed by atoms with E-state index in [1.54, 1.807) is 0 Å². The molecular weight excluding hydrogens is 390 g/mol. The van der Waals surface area contributed by atoms with Gasteiger partial charge in [0, 0.05) is 18.1 Å². The largest absolute Gasteiger partial charge is 0.486 e. The minimum Gasteiger partial charge on any atom is -0.486 e. The Morgan fingerprint density at radius 1 is 1.10 bits per heavy atom. The number of carbonyl (C=O) groups excluding carboxylic acids is 2. The van der Waals surface area contributed by atoms with Crippen molar-refractivity contribution in [1.29, 1.82) is 0 Å². The Balaban J connectivity index is 1.46. The third-order valence-electron chi connectivity index (χ3n) is 5.51. The summed E-state index contributed by atoms with van der Waals surface area (Å²) in [7, 11) is 0. The van der Waals surface area contributed by atoms with Gasteiger partial charge in [-0.05, 0) is 18.8 Å². The summed E-state index contributed by atoms with van der Waals surface area (Å²) >= 11 is 1.38. The molecule has 4 rings (SSSR count). The fourth-order valence-electron chi connectivity index (χ4n) is 3.87. The van der Waals surface area contributed by atoms with E-state index >= 15 is 0 Å². The van der Waals surface area contributed by atoms with Gasteiger partial charge in [-0.1, -0.05) is 44.4 Å². The standard InChI is InChI=1S/C21H27N3O4S/c1-12(2)18(23-19(25)13-6-4-3-5-7-13)20(26)24-21-22-14-10-15-16(11-17(14)29-21)28-9-8-27-15/h10-13,18H,3-9H2,1-2H3,(H,23,25)(H,22,24,26). The summed E-state index contributed by atoms with van der Waals surface area (Å²) in [5.74, 6) is 1.12. The summed E-state index contributed by atoms with van der Waals surface area (Å²) in [4.78, 5) is 30.0. The molecular formula is C21H27N3O4S. The van der Waals surface area contributed by atoms with Gasteiger partial charge < -0.3 is 20.1 Å². The number of hydrogen-bond acceptors (Lipinski definition) is 6. The molecule has 2 amide bonds. The van der Waals surface area contributed by atoms with Crippen LogP contribution >= 0.6 is 11.3 Å². The maximum atomic E-state index is 12.9. The zero-order valence-corrected chi connectivity index (χ0v) is 17.6. The van der Waals surface area contributed by atoms with Crippen LogP contribution in [0.3, 0.4) is 0 Å². The summed E-state index contributed by atoms with van der Waals surface area (Å²) < 4.78 is 12.1. The van der Waals surface area contributed by atoms with Gasteiger partial charge in [0.15, 0.2) is 16.6 Å². The molecule has 29 heavy (non-hydrogen) atoms. The zero-order chi connectivity index (χ0) is 20.4. The fraction of sp³-hybridized carbons (Fsp3) is 0.571. The first-order valence-electron chi connectivity index (χ1n) is 10.3. The third-order valence-corrected chi connectivity index (χ3v) is 6.44. The number of carbonyl (C=O) groups is 2. The summed E-state index contributed by atoms with van der Waals surface area (Å²) in [6.45, 7) is 4.92. The van der Waals surface area contributed by atoms with E-state index in [-0.39, 0.29) is 23.7 Å². The smallest absolute Gasteiger partial charge is 0.248 e. The molecule has 0 radical (unpaired) electrons. The molecule has 2 N–H and O–H groups in total. The van der Waals surface area contributed by atoms with Crippen LogP contribution in [-0.4, -0.2) is 36.1 Å². The predicted molar refractivity (Wildman–Crippen MR) is 113 cm³/mol. The van der Waals surface area contributed by atoms with Gasteiger partial charge in [-0.15, -0.1) is 0 Å². The van der Waals surface area contributed by atoms with Crippen molar-refractivity contribution in [3.63, 3.8) is 0 Å². The first-order chi connectivity index (χ1) is 14.0. The molecule has 2 aromatic rings. The molecule has 1 aromatic heterocycles. The average molecular weight is 418 g/mol. The lowest BCUT2D eigenvalue weighted by atomic mass is 9.88. The van der Waals surface area contributed by atoms with E-state index < -0.39 is 6.04 Å². The molecule has 1 atom stereocenters. The van der Waals surface area contributed by atoms with Gasteiger partial charge in [-0.25, -0.2) is 4.98 Å². The van der Waals surface area contributed by atoms with Gasteiger partial charge >= 0.3 is 0 Å². The maximum Gasteiger partial charge on any atom is 0.248 e. The van der Waals surface area contributed by atoms with Crippen LogP contribution in [0.15, 0.2) is 12.1 Å². The van der Waals surface area contributed by atoms with Gasteiger partial charge in [0.05, 0.1) is 10.2 Å². The van der Waals surface area contributed by atoms with Crippen LogP contribution < -0.4 is 20.1 Å². The number of ether oxygens (including phenoxy) is 2. The van der Waals surface area contributed by atoms with Crippen LogP contribution in [-0.2, 0) is 9.59 Å². The quantitative estimate of drug-likeness (QED) is 0.774. The van der Waals surface area contributed by atoms with Crippen molar-refractivity contribution >= 4 is 38.5 Å². The molecule has 2 heterocycles. The van der Waals surface area contributed by atoms with E-state index in [9.17, 15) is 9.59 Å². The minimum absolute atomic E-state index is 0.00942. The van der Waals surface area contributed by atoms with Crippen molar-refractivity contribution in [2.75, 3.05) is 18.5 Å². The first kappa shape index (κ1) is 19.9. The van der Waals surface area contributed by atoms with Crippen LogP contribution in [0.5, 0.6) is 11.5 Å². The van der Waals surface area contributed by atoms with Crippen molar-refractivity contribution in [1.82, 2.24) is 10.3 Å². The molecule has 0 bridgehead atoms. The number of aromatic nitrogens is 1. The second kappa shape index (κ2) is 8.57. The maximum absolute atomic E-state index is 12.9. The molecule has 8 heteroatoms. The highest BCUT2D eigenvalue weighted by Gasteiger charge is 2.29. The van der Waals surface area contributed by atoms with Crippen molar-refractivity contribution in [3.05, 3.63) is 12.1 Å². The lowest BCUT2D eigenvalue weighted by molar-refractivity contribution is -0.130. The van der Waals surface area contributed by atoms with Crippen LogP contribution in [0.25, 0.3) is 10.2 Å². The molecule has 156 valence electrons. The number of fused-ring (bicyclic) bond motifs is 2. The third kappa shape index (κ3) is 4.47. The van der Waals surface area contributed by atoms with Crippen molar-refractivity contribution in [2.24, 2.45) is 11.8 Å². The summed E-state index contributed by atoms with van der Waals surface area (Å²) in [5.41, 5.74) is 0.752. The highest BCUT2D eigenvalue weighted by atomic mass is 32.1. The topological polar surface area (TPSA) is 89.6 Å². The van der Waals surface area contributed by atoms with E-state index in [1.165, 1.54) is 17.8 Å². The SMILES string of the molecule is CC(C)C(NC(=O)C1CCCCC1)C(=O)Nc1nc2cc3c(cc2s1)OCCO3. The normalized spacial score (nSPS) is 17.9. The average Bonchev–Trinajstić information content (AvgIpc) is 3.11. The number of rotatable bonds is 5. The molecule has 1 saturated carbocycles. The summed E-state index contributed by atoms with van der Waals surface area (Å²) in [6, 6.07) is 3.14. The van der Waals surface area contributed by atoms with Gasteiger partial charge in [-0.2, -0.15) is 0 Å². The zero-order valence-electron chi connectivity index (χ0n) is 16.8. The fourth-order valence-corrected chi connectivity index (χ4v) is 4.75. The number of thiazole rings is 1. The number of nitrogens with one attached hydrogen (secondary N) is 2. The number of anilines is 1. The van der Waals surface area contributed by atoms with Gasteiger partial charge in [0.2, 0.25) is 11.8 Å². The molecule has 7 nitrogen and oxygen atoms in total. The molecule has 1 aromatic carbocycles. The van der Waals surface area contributed by atoms with E-state index in [0.29, 0.717) is 29.8 Å². The Morgan fingerprint density at radius 2 is 1.79 bits per heavy atom. The number of amides is 2. The Labute approximate surface area is 174 Å². The Morgan fingerprint density at radius 3 is 2.48 bits per heavy atom. The number of hydrogen-bond donors (Lipinski definition) is 2. The van der Waals surface area contributed by atoms with E-state index in [1.807, 2.05) is 26.0 Å². The second-order valence-electron chi connectivity index (χ2n) is 8.04. The van der Waals surface area contributed by atoms with Crippen LogP contribution in [0.2, 0.25) is 0 Å². The molecule has 1 aliphatic heterocycles. The van der Waals surface area contributed by atoms with Gasteiger partial charge in [0.25, 0.3) is 0 Å². The number of nitrogens with zero attached hydrogens (tertiary/aromatic N) is 1. The molecule has 0 saturated heterocycles. The molecule has 2 aliphatic rings. The van der Waals surface area contributed by atoms with Gasteiger partial charge in [-0.3, -0.25) is 9.59 Å². The molecule has 1 aliphatic carbocycles. The van der Waals surface area contributed by atoms with Crippen LogP contribution in [0.1, 0.15) is 46.0 Å². The van der Waals surface area contributed by atoms with E-state index in [0.717, 1.165) is 35.9 Å². The van der Waals surface area contributed by atoms with Crippen LogP contribution in [0, 0.1) is 11.8 Å². The van der Waals surface area contributed by atoms with E-state index in [4.69, 9.17) is 9.47 Å². The van der Waals surface area contributed by atoms with Crippen LogP contribution in [0.4, 0.5) is 5.13 Å². The monoisotopic (exact) mass is 417 g/mol. The molecule has 1 unspecified atom stereocenters. The Kier molecular flexibility index (Phi) is 5.89. The number of benzene rings is 1. The second-order valence-corrected chi connectivity index (χ2v) is 9.07. The summed E-state index contributed by atoms with van der Waals surface area (Å²) in [5, 5.41) is 6.36. The minimum atomic E-state index is -0.587. The van der Waals surface area contributed by atoms with Crippen molar-refractivity contribution < 1.29 is 19.1 Å². The summed E-state index contributed by atoms with van der Waals surface area (Å²) in [6.07, 6.45) is 5.17. The van der Waals surface area contributed by atoms with E-state index in [2.05, 4.69) is 15.6 Å². The van der Waals surface area contributed by atoms with Crippen molar-refractivity contribution in [3.8, 4) is 11.5 Å². The lowest BCUT2D eigenvalue weighted by Crippen LogP contribution is -2.49. The molecule has 1 fully saturated rings. The Hall–Kier alpha value is -2.35. The lowest BCUT2D eigenvalue weighted by Gasteiger charge is -2.26. The Bertz CT molecular complexity index is 862. The first-order valence-corrected chi connectivity index (χ1v) is 11.1. The van der Waals surface area contributed by atoms with Gasteiger partial charge in [0.1, 0.15) is 19.3 Å². The van der Waals surface area contributed by atoms with Crippen molar-refractivity contribution in [2.45, 2.75) is 52.0 Å². The predicted octanol–water partition coefficient (Wildman–Crippen LogP) is 3.73. The molecule has 0 spiro atoms.